The molecule has 0 saturated carbocycles. The molecule has 1 N–H and O–H groups in total. The van der Waals surface area contributed by atoms with Crippen LogP contribution >= 0.6 is 0 Å². The molecule has 1 aliphatic heterocycles. The molecule has 0 aliphatic carbocycles. The molecule has 1 amide bonds. The van der Waals surface area contributed by atoms with Crippen LogP contribution in [0.15, 0.2) is 12.2 Å². The topological polar surface area (TPSA) is 29.1 Å². The highest BCUT2D eigenvalue weighted by Gasteiger charge is 2.18. The second-order valence-electron chi connectivity index (χ2n) is 5.38. The van der Waals surface area contributed by atoms with Crippen LogP contribution in [0.4, 0.5) is 0 Å². The molecule has 0 bridgehead atoms. The molecular formula is C16H29NO. The number of amides is 1. The number of unbranched alkanes of at least 4 members (excludes halogenated alkanes) is 7. The zero-order valence-corrected chi connectivity index (χ0v) is 11.9. The molecule has 1 rings (SSSR count). The van der Waals surface area contributed by atoms with Crippen molar-refractivity contribution in [2.75, 3.05) is 6.54 Å². The summed E-state index contributed by atoms with van der Waals surface area (Å²) < 4.78 is 0. The van der Waals surface area contributed by atoms with Crippen molar-refractivity contribution < 1.29 is 4.79 Å². The Morgan fingerprint density at radius 2 is 1.89 bits per heavy atom. The van der Waals surface area contributed by atoms with Gasteiger partial charge in [0.25, 0.3) is 0 Å². The van der Waals surface area contributed by atoms with E-state index < -0.39 is 0 Å². The van der Waals surface area contributed by atoms with E-state index in [1.807, 2.05) is 0 Å². The standard InChI is InChI=1S/C16H29NO/c1-2-3-4-5-6-7-8-9-10-12-15-13-11-14-17-16(15)18/h10,12,15H,2-9,11,13-14H2,1H3,(H,17,18). The average molecular weight is 251 g/mol. The predicted octanol–water partition coefficient (Wildman–Crippen LogP) is 4.21. The minimum Gasteiger partial charge on any atom is -0.356 e. The third-order valence-corrected chi connectivity index (χ3v) is 3.67. The second kappa shape index (κ2) is 10.2. The van der Waals surface area contributed by atoms with E-state index in [0.717, 1.165) is 25.8 Å². The van der Waals surface area contributed by atoms with E-state index >= 15 is 0 Å². The van der Waals surface area contributed by atoms with E-state index in [1.165, 1.54) is 44.9 Å². The van der Waals surface area contributed by atoms with Crippen molar-refractivity contribution in [1.82, 2.24) is 5.32 Å². The Labute approximate surface area is 112 Å². The van der Waals surface area contributed by atoms with Gasteiger partial charge in [-0.15, -0.1) is 0 Å². The largest absolute Gasteiger partial charge is 0.356 e. The maximum absolute atomic E-state index is 11.5. The van der Waals surface area contributed by atoms with Crippen molar-refractivity contribution in [2.45, 2.75) is 71.1 Å². The van der Waals surface area contributed by atoms with E-state index in [9.17, 15) is 4.79 Å². The molecule has 0 aromatic rings. The first-order chi connectivity index (χ1) is 8.84. The summed E-state index contributed by atoms with van der Waals surface area (Å²) in [5.41, 5.74) is 0. The lowest BCUT2D eigenvalue weighted by molar-refractivity contribution is -0.124. The summed E-state index contributed by atoms with van der Waals surface area (Å²) in [6.07, 6.45) is 17.1. The highest BCUT2D eigenvalue weighted by molar-refractivity contribution is 5.80. The first-order valence-corrected chi connectivity index (χ1v) is 7.79. The van der Waals surface area contributed by atoms with Crippen LogP contribution in [-0.4, -0.2) is 12.5 Å². The van der Waals surface area contributed by atoms with Gasteiger partial charge in [0, 0.05) is 6.54 Å². The van der Waals surface area contributed by atoms with Crippen LogP contribution in [0, 0.1) is 5.92 Å². The first-order valence-electron chi connectivity index (χ1n) is 7.79. The van der Waals surface area contributed by atoms with Gasteiger partial charge in [0.15, 0.2) is 0 Å². The fourth-order valence-corrected chi connectivity index (χ4v) is 2.46. The Morgan fingerprint density at radius 3 is 2.61 bits per heavy atom. The van der Waals surface area contributed by atoms with E-state index in [-0.39, 0.29) is 11.8 Å². The van der Waals surface area contributed by atoms with Gasteiger partial charge in [-0.1, -0.05) is 57.6 Å². The van der Waals surface area contributed by atoms with Crippen LogP contribution < -0.4 is 5.32 Å². The molecule has 1 saturated heterocycles. The number of allylic oxidation sites excluding steroid dienone is 1. The zero-order chi connectivity index (χ0) is 13.1. The van der Waals surface area contributed by atoms with Crippen molar-refractivity contribution in [2.24, 2.45) is 5.92 Å². The molecule has 0 spiro atoms. The molecule has 104 valence electrons. The van der Waals surface area contributed by atoms with Gasteiger partial charge in [-0.25, -0.2) is 0 Å². The van der Waals surface area contributed by atoms with E-state index in [2.05, 4.69) is 24.4 Å². The number of hydrogen-bond donors (Lipinski definition) is 1. The maximum Gasteiger partial charge on any atom is 0.226 e. The SMILES string of the molecule is CCCCCCCCCC=CC1CCCNC1=O. The van der Waals surface area contributed by atoms with Gasteiger partial charge in [-0.3, -0.25) is 4.79 Å². The minimum atomic E-state index is 0.142. The quantitative estimate of drug-likeness (QED) is 0.483. The summed E-state index contributed by atoms with van der Waals surface area (Å²) >= 11 is 0. The monoisotopic (exact) mass is 251 g/mol. The Kier molecular flexibility index (Phi) is 8.62. The molecule has 1 unspecified atom stereocenters. The van der Waals surface area contributed by atoms with Crippen molar-refractivity contribution >= 4 is 5.91 Å². The molecule has 1 fully saturated rings. The third-order valence-electron chi connectivity index (χ3n) is 3.67. The smallest absolute Gasteiger partial charge is 0.226 e. The van der Waals surface area contributed by atoms with Crippen molar-refractivity contribution in [3.8, 4) is 0 Å². The highest BCUT2D eigenvalue weighted by atomic mass is 16.1. The van der Waals surface area contributed by atoms with Gasteiger partial charge in [-0.05, 0) is 25.7 Å². The van der Waals surface area contributed by atoms with Crippen molar-refractivity contribution in [1.29, 1.82) is 0 Å². The number of rotatable bonds is 9. The molecule has 0 radical (unpaired) electrons. The van der Waals surface area contributed by atoms with Crippen LogP contribution in [0.3, 0.4) is 0 Å². The zero-order valence-electron chi connectivity index (χ0n) is 11.9. The summed E-state index contributed by atoms with van der Waals surface area (Å²) in [6, 6.07) is 0. The summed E-state index contributed by atoms with van der Waals surface area (Å²) in [4.78, 5) is 11.5. The fraction of sp³-hybridized carbons (Fsp3) is 0.812. The van der Waals surface area contributed by atoms with Crippen LogP contribution in [0.2, 0.25) is 0 Å². The molecule has 1 aliphatic rings. The number of carbonyl (C=O) groups excluding carboxylic acids is 1. The van der Waals surface area contributed by atoms with Crippen molar-refractivity contribution in [3.63, 3.8) is 0 Å². The molecule has 18 heavy (non-hydrogen) atoms. The van der Waals surface area contributed by atoms with E-state index in [0.29, 0.717) is 0 Å². The molecule has 1 heterocycles. The second-order valence-corrected chi connectivity index (χ2v) is 5.38. The van der Waals surface area contributed by atoms with Gasteiger partial charge in [0.1, 0.15) is 0 Å². The Morgan fingerprint density at radius 1 is 1.17 bits per heavy atom. The molecule has 1 atom stereocenters. The normalized spacial score (nSPS) is 20.3. The summed E-state index contributed by atoms with van der Waals surface area (Å²) in [6.45, 7) is 3.12. The maximum atomic E-state index is 11.5. The van der Waals surface area contributed by atoms with Crippen LogP contribution in [0.25, 0.3) is 0 Å². The number of piperidine rings is 1. The molecular weight excluding hydrogens is 222 g/mol. The van der Waals surface area contributed by atoms with Gasteiger partial charge in [-0.2, -0.15) is 0 Å². The molecule has 0 aromatic heterocycles. The molecule has 0 aromatic carbocycles. The third kappa shape index (κ3) is 6.83. The lowest BCUT2D eigenvalue weighted by Crippen LogP contribution is -2.35. The number of hydrogen-bond acceptors (Lipinski definition) is 1. The lowest BCUT2D eigenvalue weighted by Gasteiger charge is -2.18. The lowest BCUT2D eigenvalue weighted by atomic mass is 9.97. The summed E-state index contributed by atoms with van der Waals surface area (Å²) in [5.74, 6) is 0.361. The minimum absolute atomic E-state index is 0.142. The van der Waals surface area contributed by atoms with Gasteiger partial charge >= 0.3 is 0 Å². The molecule has 2 nitrogen and oxygen atoms in total. The summed E-state index contributed by atoms with van der Waals surface area (Å²) in [5, 5.41) is 2.92. The Balaban J connectivity index is 1.95. The first kappa shape index (κ1) is 15.3. The highest BCUT2D eigenvalue weighted by Crippen LogP contribution is 2.14. The Bertz CT molecular complexity index is 247. The summed E-state index contributed by atoms with van der Waals surface area (Å²) in [7, 11) is 0. The van der Waals surface area contributed by atoms with Crippen molar-refractivity contribution in [3.05, 3.63) is 12.2 Å². The van der Waals surface area contributed by atoms with Crippen LogP contribution in [0.1, 0.15) is 71.1 Å². The van der Waals surface area contributed by atoms with E-state index in [4.69, 9.17) is 0 Å². The average Bonchev–Trinajstić information content (AvgIpc) is 2.39. The fourth-order valence-electron chi connectivity index (χ4n) is 2.46. The number of nitrogens with one attached hydrogen (secondary N) is 1. The van der Waals surface area contributed by atoms with Gasteiger partial charge < -0.3 is 5.32 Å². The Hall–Kier alpha value is -0.790. The van der Waals surface area contributed by atoms with E-state index in [1.54, 1.807) is 0 Å². The van der Waals surface area contributed by atoms with Gasteiger partial charge in [0.2, 0.25) is 5.91 Å². The van der Waals surface area contributed by atoms with Gasteiger partial charge in [0.05, 0.1) is 5.92 Å². The van der Waals surface area contributed by atoms with Crippen LogP contribution in [0.5, 0.6) is 0 Å². The van der Waals surface area contributed by atoms with Crippen LogP contribution in [-0.2, 0) is 4.79 Å². The molecule has 2 heteroatoms. The number of carbonyl (C=O) groups is 1. The predicted molar refractivity (Wildman–Crippen MR) is 77.5 cm³/mol.